The van der Waals surface area contributed by atoms with Gasteiger partial charge in [-0.3, -0.25) is 9.69 Å². The number of methoxy groups -OCH3 is 1. The molecule has 5 rings (SSSR count). The normalized spacial score (nSPS) is 16.0. The number of hydrogen-bond acceptors (Lipinski definition) is 7. The molecule has 240 valence electrons. The smallest absolute Gasteiger partial charge is 0.422 e. The monoisotopic (exact) mass is 645 g/mol. The molecule has 0 bridgehead atoms. The van der Waals surface area contributed by atoms with Gasteiger partial charge < -0.3 is 23.9 Å². The number of benzene rings is 2. The molecule has 0 amide bonds. The van der Waals surface area contributed by atoms with E-state index in [0.29, 0.717) is 42.0 Å². The van der Waals surface area contributed by atoms with Crippen molar-refractivity contribution >= 4 is 28.5 Å². The van der Waals surface area contributed by atoms with E-state index < -0.39 is 18.3 Å². The number of β-amino-alcohol motifs (C(OH)–C–C–N with tert-alkyl or cyclic N) is 1. The van der Waals surface area contributed by atoms with Gasteiger partial charge in [-0.2, -0.15) is 13.2 Å². The van der Waals surface area contributed by atoms with Crippen molar-refractivity contribution in [3.8, 4) is 11.5 Å². The molecule has 1 unspecified atom stereocenters. The fourth-order valence-corrected chi connectivity index (χ4v) is 6.02. The summed E-state index contributed by atoms with van der Waals surface area (Å²) in [6.07, 6.45) is -1.59. The van der Waals surface area contributed by atoms with Crippen LogP contribution in [0.5, 0.6) is 11.5 Å². The lowest BCUT2D eigenvalue weighted by Crippen LogP contribution is -2.53. The number of aliphatic hydroxyl groups is 1. The molecule has 4 aromatic rings. The highest BCUT2D eigenvalue weighted by molar-refractivity contribution is 6.34. The van der Waals surface area contributed by atoms with Crippen LogP contribution < -0.4 is 9.47 Å². The molecule has 0 saturated carbocycles. The zero-order valence-electron chi connectivity index (χ0n) is 25.0. The molecule has 1 saturated heterocycles. The summed E-state index contributed by atoms with van der Waals surface area (Å²) in [5, 5.41) is 11.8. The fourth-order valence-electron chi connectivity index (χ4n) is 5.76. The Morgan fingerprint density at radius 3 is 2.47 bits per heavy atom. The highest BCUT2D eigenvalue weighted by Crippen LogP contribution is 2.44. The molecule has 2 aromatic heterocycles. The van der Waals surface area contributed by atoms with Gasteiger partial charge in [-0.1, -0.05) is 48.0 Å². The summed E-state index contributed by atoms with van der Waals surface area (Å²) < 4.78 is 62.7. The summed E-state index contributed by atoms with van der Waals surface area (Å²) in [6.45, 7) is 2.18. The number of nitrogens with zero attached hydrogens (tertiary/aromatic N) is 3. The lowest BCUT2D eigenvalue weighted by Gasteiger charge is -2.39. The number of carbonyl (C=O) groups is 1. The largest absolute Gasteiger partial charge is 0.493 e. The number of fused-ring (bicyclic) bond motifs is 1. The fraction of sp³-hybridized carbons (Fsp3) is 0.394. The van der Waals surface area contributed by atoms with Crippen LogP contribution in [0.1, 0.15) is 36.5 Å². The minimum atomic E-state index is -4.97. The Labute approximate surface area is 264 Å². The molecule has 12 heteroatoms. The van der Waals surface area contributed by atoms with Crippen LogP contribution in [0.15, 0.2) is 67.0 Å². The van der Waals surface area contributed by atoms with Crippen molar-refractivity contribution in [1.82, 2.24) is 14.5 Å². The number of carbonyl (C=O) groups excluding carboxylic acids is 1. The first kappa shape index (κ1) is 32.6. The summed E-state index contributed by atoms with van der Waals surface area (Å²) in [5.41, 5.74) is -1.53. The third-order valence-corrected chi connectivity index (χ3v) is 8.29. The zero-order chi connectivity index (χ0) is 32.2. The number of likely N-dealkylation sites (tertiary alicyclic amines) is 1. The molecule has 1 fully saturated rings. The molecule has 8 nitrogen and oxygen atoms in total. The molecular formula is C33H35ClF3N3O5. The van der Waals surface area contributed by atoms with Crippen LogP contribution >= 0.6 is 11.6 Å². The predicted molar refractivity (Wildman–Crippen MR) is 164 cm³/mol. The lowest BCUT2D eigenvalue weighted by molar-refractivity contribution is -0.272. The highest BCUT2D eigenvalue weighted by atomic mass is 35.5. The molecule has 1 atom stereocenters. The highest BCUT2D eigenvalue weighted by Gasteiger charge is 2.57. The van der Waals surface area contributed by atoms with Gasteiger partial charge in [-0.15, -0.1) is 0 Å². The van der Waals surface area contributed by atoms with E-state index >= 15 is 0 Å². The van der Waals surface area contributed by atoms with Crippen molar-refractivity contribution in [2.75, 3.05) is 33.4 Å². The molecule has 1 aliphatic rings. The number of alkyl halides is 3. The second-order valence-electron chi connectivity index (χ2n) is 11.1. The van der Waals surface area contributed by atoms with Crippen LogP contribution in [-0.2, 0) is 28.1 Å². The van der Waals surface area contributed by atoms with Gasteiger partial charge in [0.1, 0.15) is 6.10 Å². The number of hydrogen-bond donors (Lipinski definition) is 1. The molecule has 2 aromatic carbocycles. The minimum absolute atomic E-state index is 0.0570. The molecule has 0 spiro atoms. The molecule has 0 radical (unpaired) electrons. The summed E-state index contributed by atoms with van der Waals surface area (Å²) in [4.78, 5) is 17.6. The summed E-state index contributed by atoms with van der Waals surface area (Å²) in [6, 6.07) is 15.9. The minimum Gasteiger partial charge on any atom is -0.493 e. The maximum atomic E-state index is 14.8. The summed E-state index contributed by atoms with van der Waals surface area (Å²) in [7, 11) is 1.50. The van der Waals surface area contributed by atoms with Crippen molar-refractivity contribution in [2.45, 2.75) is 50.6 Å². The first-order valence-corrected chi connectivity index (χ1v) is 15.1. The van der Waals surface area contributed by atoms with Crippen molar-refractivity contribution in [3.63, 3.8) is 0 Å². The van der Waals surface area contributed by atoms with Gasteiger partial charge >= 0.3 is 12.1 Å². The SMILES string of the molecule is CCOC(=O)Cc1ccc(OC2CCN(CC(O)(c3cn(Cc4ccccc4)c4c(Cl)nccc34)C(F)(F)F)CC2)c(OC)c1. The first-order valence-electron chi connectivity index (χ1n) is 14.7. The average Bonchev–Trinajstić information content (AvgIpc) is 3.38. The molecule has 45 heavy (non-hydrogen) atoms. The van der Waals surface area contributed by atoms with E-state index in [9.17, 15) is 23.1 Å². The van der Waals surface area contributed by atoms with E-state index in [1.54, 1.807) is 34.6 Å². The van der Waals surface area contributed by atoms with Crippen molar-refractivity contribution in [1.29, 1.82) is 0 Å². The number of rotatable bonds is 11. The third kappa shape index (κ3) is 7.21. The first-order chi connectivity index (χ1) is 21.5. The van der Waals surface area contributed by atoms with Gasteiger partial charge in [0.25, 0.3) is 0 Å². The molecule has 1 aliphatic heterocycles. The maximum absolute atomic E-state index is 14.8. The van der Waals surface area contributed by atoms with Crippen LogP contribution in [0.4, 0.5) is 13.2 Å². The van der Waals surface area contributed by atoms with Crippen LogP contribution in [0.25, 0.3) is 10.9 Å². The number of aromatic nitrogens is 2. The summed E-state index contributed by atoms with van der Waals surface area (Å²) >= 11 is 6.40. The van der Waals surface area contributed by atoms with Crippen LogP contribution in [-0.4, -0.2) is 71.2 Å². The standard InChI is InChI=1S/C33H35ClF3N3O5/c1-3-44-29(41)18-23-9-10-27(28(17-23)43-2)45-24-12-15-39(16-13-24)21-32(42,33(35,36)37)26-20-40(19-22-7-5-4-6-8-22)30-25(26)11-14-38-31(30)34/h4-11,14,17,20,24,42H,3,12-13,15-16,18-19,21H2,1-2H3. The average molecular weight is 646 g/mol. The van der Waals surface area contributed by atoms with Gasteiger partial charge in [-0.25, -0.2) is 4.98 Å². The van der Waals surface area contributed by atoms with Gasteiger partial charge in [0.05, 0.1) is 25.7 Å². The quantitative estimate of drug-likeness (QED) is 0.155. The third-order valence-electron chi connectivity index (χ3n) is 8.01. The predicted octanol–water partition coefficient (Wildman–Crippen LogP) is 6.15. The number of piperidine rings is 1. The second-order valence-corrected chi connectivity index (χ2v) is 11.4. The van der Waals surface area contributed by atoms with Crippen molar-refractivity contribution < 1.29 is 37.3 Å². The zero-order valence-corrected chi connectivity index (χ0v) is 25.8. The van der Waals surface area contributed by atoms with Gasteiger partial charge in [-0.05, 0) is 49.1 Å². The van der Waals surface area contributed by atoms with Crippen molar-refractivity contribution in [3.05, 3.63) is 88.8 Å². The van der Waals surface area contributed by atoms with E-state index in [2.05, 4.69) is 4.98 Å². The Balaban J connectivity index is 1.32. The van der Waals surface area contributed by atoms with E-state index in [-0.39, 0.29) is 54.2 Å². The Morgan fingerprint density at radius 1 is 1.07 bits per heavy atom. The molecule has 0 aliphatic carbocycles. The molecular weight excluding hydrogens is 611 g/mol. The Bertz CT molecular complexity index is 1620. The molecule has 1 N–H and O–H groups in total. The Morgan fingerprint density at radius 2 is 1.80 bits per heavy atom. The summed E-state index contributed by atoms with van der Waals surface area (Å²) in [5.74, 6) is 0.581. The van der Waals surface area contributed by atoms with E-state index in [4.69, 9.17) is 25.8 Å². The van der Waals surface area contributed by atoms with Gasteiger partial charge in [0.2, 0.25) is 5.60 Å². The van der Waals surface area contributed by atoms with Crippen molar-refractivity contribution in [2.24, 2.45) is 0 Å². The number of esters is 1. The second kappa shape index (κ2) is 13.7. The van der Waals surface area contributed by atoms with E-state index in [1.807, 2.05) is 30.3 Å². The van der Waals surface area contributed by atoms with E-state index in [0.717, 1.165) is 5.56 Å². The van der Waals surface area contributed by atoms with Crippen LogP contribution in [0.2, 0.25) is 5.15 Å². The van der Waals surface area contributed by atoms with Gasteiger partial charge in [0.15, 0.2) is 16.7 Å². The van der Waals surface area contributed by atoms with Crippen LogP contribution in [0.3, 0.4) is 0 Å². The number of halogens is 4. The number of pyridine rings is 1. The Hall–Kier alpha value is -3.80. The topological polar surface area (TPSA) is 86.0 Å². The Kier molecular flexibility index (Phi) is 9.91. The lowest BCUT2D eigenvalue weighted by atomic mass is 9.91. The van der Waals surface area contributed by atoms with Gasteiger partial charge in [0, 0.05) is 49.5 Å². The van der Waals surface area contributed by atoms with E-state index in [1.165, 1.54) is 25.6 Å². The molecule has 3 heterocycles. The number of ether oxygens (including phenoxy) is 3. The maximum Gasteiger partial charge on any atom is 0.422 e. The van der Waals surface area contributed by atoms with Crippen LogP contribution in [0, 0.1) is 0 Å².